The summed E-state index contributed by atoms with van der Waals surface area (Å²) in [5.41, 5.74) is 3.08. The molecule has 0 aliphatic carbocycles. The van der Waals surface area contributed by atoms with Crippen molar-refractivity contribution in [2.45, 2.75) is 19.9 Å². The number of benzene rings is 2. The van der Waals surface area contributed by atoms with Gasteiger partial charge in [0.15, 0.2) is 0 Å². The molecule has 0 heterocycles. The molecule has 0 aliphatic heterocycles. The van der Waals surface area contributed by atoms with E-state index in [1.54, 1.807) is 0 Å². The summed E-state index contributed by atoms with van der Waals surface area (Å²) < 4.78 is 0. The molecule has 0 bridgehead atoms. The number of carbonyl (C=O) groups is 2. The number of hydrogen-bond acceptors (Lipinski definition) is 3. The average Bonchev–Trinajstić information content (AvgIpc) is 2.61. The Balaban J connectivity index is 1.63. The van der Waals surface area contributed by atoms with Crippen LogP contribution >= 0.6 is 11.8 Å². The SMILES string of the molecule is CCc1ccc(NC(=O)CSCC(=O)NCc2ccccc2)cc1. The minimum absolute atomic E-state index is 0.0658. The van der Waals surface area contributed by atoms with Gasteiger partial charge < -0.3 is 10.6 Å². The molecule has 2 aromatic rings. The lowest BCUT2D eigenvalue weighted by atomic mass is 10.1. The summed E-state index contributed by atoms with van der Waals surface area (Å²) in [7, 11) is 0. The lowest BCUT2D eigenvalue weighted by molar-refractivity contribution is -0.118. The Morgan fingerprint density at radius 1 is 0.875 bits per heavy atom. The Labute approximate surface area is 147 Å². The molecule has 0 aliphatic rings. The molecule has 2 aromatic carbocycles. The molecule has 0 atom stereocenters. The van der Waals surface area contributed by atoms with Gasteiger partial charge in [-0.25, -0.2) is 0 Å². The molecule has 2 amide bonds. The van der Waals surface area contributed by atoms with Crippen LogP contribution in [0.2, 0.25) is 0 Å². The van der Waals surface area contributed by atoms with E-state index in [1.165, 1.54) is 17.3 Å². The van der Waals surface area contributed by atoms with Gasteiger partial charge in [0.05, 0.1) is 11.5 Å². The summed E-state index contributed by atoms with van der Waals surface area (Å²) in [6.45, 7) is 2.60. The third-order valence-electron chi connectivity index (χ3n) is 3.44. The molecule has 0 saturated carbocycles. The third kappa shape index (κ3) is 6.46. The smallest absolute Gasteiger partial charge is 0.234 e. The van der Waals surface area contributed by atoms with Gasteiger partial charge in [-0.15, -0.1) is 11.8 Å². The fourth-order valence-corrected chi connectivity index (χ4v) is 2.75. The number of carbonyl (C=O) groups excluding carboxylic acids is 2. The maximum atomic E-state index is 11.9. The number of nitrogens with one attached hydrogen (secondary N) is 2. The first-order valence-electron chi connectivity index (χ1n) is 7.94. The highest BCUT2D eigenvalue weighted by Gasteiger charge is 2.06. The van der Waals surface area contributed by atoms with Crippen molar-refractivity contribution in [1.29, 1.82) is 0 Å². The Hall–Kier alpha value is -2.27. The van der Waals surface area contributed by atoms with Gasteiger partial charge in [0.25, 0.3) is 0 Å². The molecular weight excluding hydrogens is 320 g/mol. The standard InChI is InChI=1S/C19H22N2O2S/c1-2-15-8-10-17(11-9-15)21-19(23)14-24-13-18(22)20-12-16-6-4-3-5-7-16/h3-11H,2,12-14H2,1H3,(H,20,22)(H,21,23). The molecule has 126 valence electrons. The molecule has 0 fully saturated rings. The van der Waals surface area contributed by atoms with Crippen molar-refractivity contribution in [3.63, 3.8) is 0 Å². The normalized spacial score (nSPS) is 10.2. The van der Waals surface area contributed by atoms with E-state index in [4.69, 9.17) is 0 Å². The van der Waals surface area contributed by atoms with Gasteiger partial charge in [-0.1, -0.05) is 49.4 Å². The van der Waals surface area contributed by atoms with Crippen molar-refractivity contribution in [3.8, 4) is 0 Å². The van der Waals surface area contributed by atoms with Crippen LogP contribution in [0.1, 0.15) is 18.1 Å². The highest BCUT2D eigenvalue weighted by molar-refractivity contribution is 8.00. The van der Waals surface area contributed by atoms with Crippen molar-refractivity contribution in [1.82, 2.24) is 5.32 Å². The van der Waals surface area contributed by atoms with Crippen LogP contribution in [0.4, 0.5) is 5.69 Å². The Morgan fingerprint density at radius 3 is 2.21 bits per heavy atom. The van der Waals surface area contributed by atoms with E-state index in [0.717, 1.165) is 17.7 Å². The van der Waals surface area contributed by atoms with Crippen LogP contribution in [0, 0.1) is 0 Å². The van der Waals surface area contributed by atoms with Crippen LogP contribution in [0.5, 0.6) is 0 Å². The summed E-state index contributed by atoms with van der Waals surface area (Å²) in [5, 5.41) is 5.68. The second-order valence-corrected chi connectivity index (χ2v) is 6.34. The lowest BCUT2D eigenvalue weighted by Gasteiger charge is -2.07. The quantitative estimate of drug-likeness (QED) is 0.774. The van der Waals surface area contributed by atoms with Gasteiger partial charge in [0.1, 0.15) is 0 Å². The van der Waals surface area contributed by atoms with Gasteiger partial charge in [-0.2, -0.15) is 0 Å². The van der Waals surface area contributed by atoms with E-state index in [-0.39, 0.29) is 23.3 Å². The van der Waals surface area contributed by atoms with E-state index in [1.807, 2.05) is 54.6 Å². The topological polar surface area (TPSA) is 58.2 Å². The van der Waals surface area contributed by atoms with Crippen molar-refractivity contribution in [2.24, 2.45) is 0 Å². The van der Waals surface area contributed by atoms with E-state index in [0.29, 0.717) is 6.54 Å². The number of hydrogen-bond donors (Lipinski definition) is 2. The van der Waals surface area contributed by atoms with Crippen molar-refractivity contribution < 1.29 is 9.59 Å². The van der Waals surface area contributed by atoms with Gasteiger partial charge in [-0.05, 0) is 29.7 Å². The third-order valence-corrected chi connectivity index (χ3v) is 4.38. The highest BCUT2D eigenvalue weighted by atomic mass is 32.2. The Morgan fingerprint density at radius 2 is 1.54 bits per heavy atom. The van der Waals surface area contributed by atoms with Crippen molar-refractivity contribution in [3.05, 3.63) is 65.7 Å². The molecule has 4 nitrogen and oxygen atoms in total. The monoisotopic (exact) mass is 342 g/mol. The molecule has 24 heavy (non-hydrogen) atoms. The molecule has 0 aromatic heterocycles. The van der Waals surface area contributed by atoms with E-state index in [2.05, 4.69) is 17.6 Å². The molecule has 0 radical (unpaired) electrons. The second kappa shape index (κ2) is 9.78. The molecule has 0 saturated heterocycles. The summed E-state index contributed by atoms with van der Waals surface area (Å²) >= 11 is 1.31. The Bertz CT molecular complexity index is 657. The number of amides is 2. The molecule has 5 heteroatoms. The van der Waals surface area contributed by atoms with Crippen LogP contribution in [0.3, 0.4) is 0 Å². The van der Waals surface area contributed by atoms with Crippen molar-refractivity contribution in [2.75, 3.05) is 16.8 Å². The zero-order valence-electron chi connectivity index (χ0n) is 13.7. The molecule has 0 spiro atoms. The molecule has 2 N–H and O–H groups in total. The Kier molecular flexibility index (Phi) is 7.36. The van der Waals surface area contributed by atoms with Crippen LogP contribution in [0.15, 0.2) is 54.6 Å². The lowest BCUT2D eigenvalue weighted by Crippen LogP contribution is -2.25. The summed E-state index contributed by atoms with van der Waals surface area (Å²) in [6, 6.07) is 17.5. The first-order chi connectivity index (χ1) is 11.7. The number of aryl methyl sites for hydroxylation is 1. The zero-order valence-corrected chi connectivity index (χ0v) is 14.6. The predicted octanol–water partition coefficient (Wildman–Crippen LogP) is 3.24. The van der Waals surface area contributed by atoms with Crippen LogP contribution < -0.4 is 10.6 Å². The van der Waals surface area contributed by atoms with Gasteiger partial charge in [0.2, 0.25) is 11.8 Å². The summed E-state index contributed by atoms with van der Waals surface area (Å²) in [6.07, 6.45) is 0.974. The first kappa shape index (κ1) is 18.1. The maximum Gasteiger partial charge on any atom is 0.234 e. The van der Waals surface area contributed by atoms with Gasteiger partial charge >= 0.3 is 0 Å². The first-order valence-corrected chi connectivity index (χ1v) is 9.10. The average molecular weight is 342 g/mol. The number of thioether (sulfide) groups is 1. The van der Waals surface area contributed by atoms with E-state index < -0.39 is 0 Å². The molecule has 2 rings (SSSR count). The summed E-state index contributed by atoms with van der Waals surface area (Å²) in [5.74, 6) is 0.368. The van der Waals surface area contributed by atoms with E-state index >= 15 is 0 Å². The molecular formula is C19H22N2O2S. The van der Waals surface area contributed by atoms with Crippen LogP contribution in [-0.4, -0.2) is 23.3 Å². The molecule has 0 unspecified atom stereocenters. The minimum atomic E-state index is -0.0971. The maximum absolute atomic E-state index is 11.9. The zero-order chi connectivity index (χ0) is 17.2. The minimum Gasteiger partial charge on any atom is -0.351 e. The number of rotatable bonds is 8. The largest absolute Gasteiger partial charge is 0.351 e. The van der Waals surface area contributed by atoms with Gasteiger partial charge in [0, 0.05) is 12.2 Å². The fraction of sp³-hybridized carbons (Fsp3) is 0.263. The van der Waals surface area contributed by atoms with Crippen molar-refractivity contribution >= 4 is 29.3 Å². The van der Waals surface area contributed by atoms with Crippen LogP contribution in [-0.2, 0) is 22.6 Å². The van der Waals surface area contributed by atoms with Gasteiger partial charge in [-0.3, -0.25) is 9.59 Å². The van der Waals surface area contributed by atoms with Crippen LogP contribution in [0.25, 0.3) is 0 Å². The summed E-state index contributed by atoms with van der Waals surface area (Å²) in [4.78, 5) is 23.6. The highest BCUT2D eigenvalue weighted by Crippen LogP contribution is 2.11. The fourth-order valence-electron chi connectivity index (χ4n) is 2.10. The predicted molar refractivity (Wildman–Crippen MR) is 100 cm³/mol. The second-order valence-electron chi connectivity index (χ2n) is 5.35. The number of anilines is 1. The van der Waals surface area contributed by atoms with E-state index in [9.17, 15) is 9.59 Å².